The van der Waals surface area contributed by atoms with Crippen LogP contribution in [0, 0.1) is 5.53 Å². The number of nitrogens with one attached hydrogen (secondary N) is 1. The molecule has 2 rings (SSSR count). The third-order valence-electron chi connectivity index (χ3n) is 4.55. The van der Waals surface area contributed by atoms with Crippen molar-refractivity contribution >= 4 is 0 Å². The van der Waals surface area contributed by atoms with Gasteiger partial charge in [0, 0.05) is 12.6 Å². The van der Waals surface area contributed by atoms with Crippen molar-refractivity contribution in [3.63, 3.8) is 0 Å². The second-order valence-electron chi connectivity index (χ2n) is 6.82. The van der Waals surface area contributed by atoms with Crippen molar-refractivity contribution in [2.24, 2.45) is 10.8 Å². The quantitative estimate of drug-likeness (QED) is 0.349. The van der Waals surface area contributed by atoms with E-state index in [1.807, 2.05) is 12.1 Å². The molecule has 0 aliphatic carbocycles. The van der Waals surface area contributed by atoms with Gasteiger partial charge in [-0.25, -0.2) is 5.53 Å². The maximum Gasteiger partial charge on any atom is 0.119 e. The lowest BCUT2D eigenvalue weighted by Crippen LogP contribution is -2.39. The standard InChI is InChI=1S/C20H34N4O4/c21-19-5-8-24(9-6-19)17-18-1-3-20(4-2-18)28-16-15-27-14-13-26-12-11-25-10-7-23-22/h1-4,19,22H,5-17,21H2. The van der Waals surface area contributed by atoms with Crippen molar-refractivity contribution < 1.29 is 18.9 Å². The molecule has 1 aromatic carbocycles. The van der Waals surface area contributed by atoms with Gasteiger partial charge in [-0.3, -0.25) is 4.90 Å². The average Bonchev–Trinajstić information content (AvgIpc) is 2.72. The van der Waals surface area contributed by atoms with Gasteiger partial charge in [0.15, 0.2) is 0 Å². The Balaban J connectivity index is 1.44. The van der Waals surface area contributed by atoms with Crippen molar-refractivity contribution in [1.82, 2.24) is 4.90 Å². The van der Waals surface area contributed by atoms with Gasteiger partial charge in [-0.15, -0.1) is 0 Å². The largest absolute Gasteiger partial charge is 0.491 e. The number of hydrogen-bond donors (Lipinski definition) is 2. The van der Waals surface area contributed by atoms with Gasteiger partial charge in [-0.1, -0.05) is 12.1 Å². The Hall–Kier alpha value is -1.58. The van der Waals surface area contributed by atoms with Crippen LogP contribution in [0.4, 0.5) is 0 Å². The van der Waals surface area contributed by atoms with Crippen molar-refractivity contribution in [2.75, 3.05) is 65.9 Å². The average molecular weight is 395 g/mol. The summed E-state index contributed by atoms with van der Waals surface area (Å²) in [5, 5.41) is 3.21. The van der Waals surface area contributed by atoms with Gasteiger partial charge in [0.2, 0.25) is 0 Å². The van der Waals surface area contributed by atoms with E-state index in [9.17, 15) is 0 Å². The zero-order valence-electron chi connectivity index (χ0n) is 16.7. The van der Waals surface area contributed by atoms with E-state index in [-0.39, 0.29) is 0 Å². The van der Waals surface area contributed by atoms with Gasteiger partial charge in [0.05, 0.1) is 46.2 Å². The van der Waals surface area contributed by atoms with E-state index >= 15 is 0 Å². The van der Waals surface area contributed by atoms with Crippen LogP contribution in [0.2, 0.25) is 0 Å². The number of hydrogen-bond acceptors (Lipinski definition) is 8. The fraction of sp³-hybridized carbons (Fsp3) is 0.700. The predicted octanol–water partition coefficient (Wildman–Crippen LogP) is 2.07. The monoisotopic (exact) mass is 394 g/mol. The van der Waals surface area contributed by atoms with Crippen molar-refractivity contribution in [3.8, 4) is 5.75 Å². The van der Waals surface area contributed by atoms with Crippen LogP contribution in [0.15, 0.2) is 29.4 Å². The molecule has 1 heterocycles. The minimum atomic E-state index is 0.371. The lowest BCUT2D eigenvalue weighted by molar-refractivity contribution is 0.0104. The van der Waals surface area contributed by atoms with Crippen LogP contribution < -0.4 is 10.5 Å². The zero-order chi connectivity index (χ0) is 19.9. The van der Waals surface area contributed by atoms with Gasteiger partial charge < -0.3 is 24.7 Å². The summed E-state index contributed by atoms with van der Waals surface area (Å²) in [7, 11) is 0. The molecule has 1 fully saturated rings. The minimum Gasteiger partial charge on any atom is -0.491 e. The molecule has 3 N–H and O–H groups in total. The Labute approximate surface area is 167 Å². The van der Waals surface area contributed by atoms with E-state index in [4.69, 9.17) is 30.2 Å². The van der Waals surface area contributed by atoms with Crippen LogP contribution in [0.25, 0.3) is 0 Å². The summed E-state index contributed by atoms with van der Waals surface area (Å²) >= 11 is 0. The summed E-state index contributed by atoms with van der Waals surface area (Å²) in [5.74, 6) is 0.862. The van der Waals surface area contributed by atoms with Crippen molar-refractivity contribution in [3.05, 3.63) is 29.8 Å². The highest BCUT2D eigenvalue weighted by Crippen LogP contribution is 2.16. The van der Waals surface area contributed by atoms with E-state index < -0.39 is 0 Å². The molecule has 1 aromatic rings. The van der Waals surface area contributed by atoms with Gasteiger partial charge in [0.25, 0.3) is 0 Å². The topological polar surface area (TPSA) is 102 Å². The summed E-state index contributed by atoms with van der Waals surface area (Å²) in [6.45, 7) is 7.14. The summed E-state index contributed by atoms with van der Waals surface area (Å²) in [5.41, 5.74) is 13.9. The highest BCUT2D eigenvalue weighted by molar-refractivity contribution is 5.27. The maximum atomic E-state index is 6.63. The van der Waals surface area contributed by atoms with Crippen molar-refractivity contribution in [1.29, 1.82) is 5.53 Å². The molecule has 1 aliphatic heterocycles. The minimum absolute atomic E-state index is 0.371. The molecule has 0 bridgehead atoms. The van der Waals surface area contributed by atoms with Crippen molar-refractivity contribution in [2.45, 2.75) is 25.4 Å². The van der Waals surface area contributed by atoms with Gasteiger partial charge in [-0.05, 0) is 43.6 Å². The number of ether oxygens (including phenoxy) is 4. The summed E-state index contributed by atoms with van der Waals surface area (Å²) in [6.07, 6.45) is 2.17. The molecule has 8 heteroatoms. The van der Waals surface area contributed by atoms with Gasteiger partial charge >= 0.3 is 0 Å². The first-order valence-corrected chi connectivity index (χ1v) is 10.0. The highest BCUT2D eigenvalue weighted by atomic mass is 16.6. The SMILES string of the molecule is N=NCCOCCOCCOCCOc1ccc(CN2CCC(N)CC2)cc1. The summed E-state index contributed by atoms with van der Waals surface area (Å²) in [4.78, 5) is 2.45. The van der Waals surface area contributed by atoms with Crippen LogP contribution in [0.5, 0.6) is 5.75 Å². The molecular formula is C20H34N4O4. The van der Waals surface area contributed by atoms with E-state index in [0.29, 0.717) is 58.8 Å². The molecule has 0 radical (unpaired) electrons. The first kappa shape index (κ1) is 22.7. The fourth-order valence-electron chi connectivity index (χ4n) is 2.93. The third kappa shape index (κ3) is 10.1. The van der Waals surface area contributed by atoms with E-state index in [2.05, 4.69) is 22.1 Å². The number of nitrogens with two attached hydrogens (primary N) is 1. The van der Waals surface area contributed by atoms with Crippen LogP contribution in [0.3, 0.4) is 0 Å². The molecule has 0 aromatic heterocycles. The Morgan fingerprint density at radius 2 is 1.46 bits per heavy atom. The van der Waals surface area contributed by atoms with Gasteiger partial charge in [-0.2, -0.15) is 5.11 Å². The molecule has 1 aliphatic rings. The maximum absolute atomic E-state index is 6.63. The van der Waals surface area contributed by atoms with E-state index in [1.165, 1.54) is 5.56 Å². The summed E-state index contributed by atoms with van der Waals surface area (Å²) < 4.78 is 21.8. The second kappa shape index (κ2) is 14.4. The predicted molar refractivity (Wildman–Crippen MR) is 107 cm³/mol. The third-order valence-corrected chi connectivity index (χ3v) is 4.55. The summed E-state index contributed by atoms with van der Waals surface area (Å²) in [6, 6.07) is 8.65. The number of nitrogens with zero attached hydrogens (tertiary/aromatic N) is 2. The first-order chi connectivity index (χ1) is 13.8. The number of benzene rings is 1. The lowest BCUT2D eigenvalue weighted by atomic mass is 10.1. The smallest absolute Gasteiger partial charge is 0.119 e. The molecule has 0 atom stereocenters. The van der Waals surface area contributed by atoms with Crippen LogP contribution in [0.1, 0.15) is 18.4 Å². The zero-order valence-corrected chi connectivity index (χ0v) is 16.7. The number of rotatable bonds is 15. The normalized spacial score (nSPS) is 15.6. The van der Waals surface area contributed by atoms with Crippen LogP contribution >= 0.6 is 0 Å². The molecule has 0 spiro atoms. The number of likely N-dealkylation sites (tertiary alicyclic amines) is 1. The second-order valence-corrected chi connectivity index (χ2v) is 6.82. The number of piperidine rings is 1. The molecule has 1 saturated heterocycles. The van der Waals surface area contributed by atoms with Crippen LogP contribution in [-0.4, -0.2) is 76.8 Å². The Morgan fingerprint density at radius 3 is 2.07 bits per heavy atom. The Bertz CT molecular complexity index is 521. The highest BCUT2D eigenvalue weighted by Gasteiger charge is 2.15. The molecule has 28 heavy (non-hydrogen) atoms. The molecule has 0 saturated carbocycles. The van der Waals surface area contributed by atoms with Gasteiger partial charge in [0.1, 0.15) is 12.4 Å². The Kier molecular flexibility index (Phi) is 11.7. The molecule has 8 nitrogen and oxygen atoms in total. The molecule has 0 amide bonds. The molecular weight excluding hydrogens is 360 g/mol. The lowest BCUT2D eigenvalue weighted by Gasteiger charge is -2.30. The van der Waals surface area contributed by atoms with E-state index in [0.717, 1.165) is 38.2 Å². The van der Waals surface area contributed by atoms with E-state index in [1.54, 1.807) is 0 Å². The Morgan fingerprint density at radius 1 is 0.893 bits per heavy atom. The van der Waals surface area contributed by atoms with Crippen LogP contribution in [-0.2, 0) is 20.8 Å². The fourth-order valence-corrected chi connectivity index (χ4v) is 2.93. The molecule has 158 valence electrons. The molecule has 0 unspecified atom stereocenters. The first-order valence-electron chi connectivity index (χ1n) is 10.0.